The highest BCUT2D eigenvalue weighted by Gasteiger charge is 2.23. The minimum absolute atomic E-state index is 0.0147. The number of halogens is 2. The Morgan fingerprint density at radius 1 is 1.19 bits per heavy atom. The van der Waals surface area contributed by atoms with E-state index in [2.05, 4.69) is 15.3 Å². The molecule has 7 nitrogen and oxygen atoms in total. The Balaban J connectivity index is 1.83. The van der Waals surface area contributed by atoms with Crippen LogP contribution < -0.4 is 10.9 Å². The average molecular weight is 461 g/mol. The highest BCUT2D eigenvalue weighted by atomic mass is 35.5. The zero-order valence-corrected chi connectivity index (χ0v) is 18.6. The summed E-state index contributed by atoms with van der Waals surface area (Å²) >= 11 is 12.3. The molecule has 2 amide bonds. The number of carbonyl (C=O) groups excluding carboxylic acids is 2. The van der Waals surface area contributed by atoms with E-state index in [1.54, 1.807) is 47.4 Å². The first kappa shape index (κ1) is 22.8. The van der Waals surface area contributed by atoms with E-state index in [1.165, 1.54) is 6.92 Å². The van der Waals surface area contributed by atoms with E-state index in [0.717, 1.165) is 0 Å². The van der Waals surface area contributed by atoms with Crippen molar-refractivity contribution in [2.24, 2.45) is 0 Å². The van der Waals surface area contributed by atoms with Gasteiger partial charge in [-0.25, -0.2) is 4.98 Å². The first-order chi connectivity index (χ1) is 14.8. The monoisotopic (exact) mass is 460 g/mol. The van der Waals surface area contributed by atoms with Gasteiger partial charge in [-0.1, -0.05) is 41.4 Å². The topological polar surface area (TPSA) is 95.2 Å². The zero-order valence-electron chi connectivity index (χ0n) is 17.1. The van der Waals surface area contributed by atoms with Crippen LogP contribution in [0.5, 0.6) is 0 Å². The SMILES string of the molecule is CCN(Cc1nc2cc(Cl)ccc2c(=O)[nH]1)C(=O)CC(NC(C)=O)c1ccccc1Cl. The van der Waals surface area contributed by atoms with E-state index in [4.69, 9.17) is 23.2 Å². The minimum Gasteiger partial charge on any atom is -0.349 e. The molecule has 1 unspecified atom stereocenters. The lowest BCUT2D eigenvalue weighted by atomic mass is 10.0. The zero-order chi connectivity index (χ0) is 22.5. The normalized spacial score (nSPS) is 11.9. The Hall–Kier alpha value is -2.90. The molecule has 1 aromatic heterocycles. The Bertz CT molecular complexity index is 1180. The van der Waals surface area contributed by atoms with Crippen molar-refractivity contribution in [1.29, 1.82) is 0 Å². The molecule has 3 aromatic rings. The number of nitrogens with one attached hydrogen (secondary N) is 2. The maximum absolute atomic E-state index is 13.0. The van der Waals surface area contributed by atoms with Crippen LogP contribution in [-0.4, -0.2) is 33.2 Å². The molecule has 0 radical (unpaired) electrons. The third-order valence-corrected chi connectivity index (χ3v) is 5.41. The highest BCUT2D eigenvalue weighted by molar-refractivity contribution is 6.31. The van der Waals surface area contributed by atoms with Gasteiger partial charge in [0.1, 0.15) is 5.82 Å². The summed E-state index contributed by atoms with van der Waals surface area (Å²) in [6, 6.07) is 11.3. The van der Waals surface area contributed by atoms with Crippen LogP contribution in [0, 0.1) is 0 Å². The molecular formula is C22H22Cl2N4O3. The molecule has 31 heavy (non-hydrogen) atoms. The molecule has 3 rings (SSSR count). The van der Waals surface area contributed by atoms with Crippen LogP contribution in [0.1, 0.15) is 37.7 Å². The van der Waals surface area contributed by atoms with Gasteiger partial charge in [0, 0.05) is 23.5 Å². The molecule has 0 fully saturated rings. The molecule has 1 atom stereocenters. The van der Waals surface area contributed by atoms with Crippen molar-refractivity contribution < 1.29 is 9.59 Å². The van der Waals surface area contributed by atoms with Gasteiger partial charge in [-0.05, 0) is 36.8 Å². The fraction of sp³-hybridized carbons (Fsp3) is 0.273. The standard InChI is InChI=1S/C22H22Cl2N4O3/c1-3-28(12-20-26-18-10-14(23)8-9-16(18)22(31)27-20)21(30)11-19(25-13(2)29)15-6-4-5-7-17(15)24/h4-10,19H,3,11-12H2,1-2H3,(H,25,29)(H,26,27,31). The summed E-state index contributed by atoms with van der Waals surface area (Å²) in [6.45, 7) is 3.73. The van der Waals surface area contributed by atoms with Crippen molar-refractivity contribution in [3.05, 3.63) is 74.3 Å². The number of benzene rings is 2. The number of aromatic nitrogens is 2. The van der Waals surface area contributed by atoms with Gasteiger partial charge in [-0.15, -0.1) is 0 Å². The lowest BCUT2D eigenvalue weighted by Crippen LogP contribution is -2.36. The van der Waals surface area contributed by atoms with E-state index in [1.807, 2.05) is 6.92 Å². The summed E-state index contributed by atoms with van der Waals surface area (Å²) in [4.78, 5) is 45.8. The molecule has 2 N–H and O–H groups in total. The molecule has 0 saturated heterocycles. The summed E-state index contributed by atoms with van der Waals surface area (Å²) in [6.07, 6.45) is 0.0147. The van der Waals surface area contributed by atoms with E-state index < -0.39 is 6.04 Å². The number of amides is 2. The number of fused-ring (bicyclic) bond motifs is 1. The first-order valence-electron chi connectivity index (χ1n) is 9.76. The summed E-state index contributed by atoms with van der Waals surface area (Å²) in [5.41, 5.74) is 0.824. The molecule has 2 aromatic carbocycles. The molecule has 0 aliphatic heterocycles. The third-order valence-electron chi connectivity index (χ3n) is 4.83. The molecule has 9 heteroatoms. The minimum atomic E-state index is -0.574. The fourth-order valence-corrected chi connectivity index (χ4v) is 3.77. The molecule has 0 aliphatic carbocycles. The summed E-state index contributed by atoms with van der Waals surface area (Å²) in [5, 5.41) is 4.15. The van der Waals surface area contributed by atoms with Crippen molar-refractivity contribution in [2.75, 3.05) is 6.54 Å². The van der Waals surface area contributed by atoms with Gasteiger partial charge in [0.05, 0.1) is 29.9 Å². The van der Waals surface area contributed by atoms with Gasteiger partial charge in [-0.3, -0.25) is 14.4 Å². The smallest absolute Gasteiger partial charge is 0.258 e. The highest BCUT2D eigenvalue weighted by Crippen LogP contribution is 2.26. The summed E-state index contributed by atoms with van der Waals surface area (Å²) < 4.78 is 0. The van der Waals surface area contributed by atoms with Gasteiger partial charge >= 0.3 is 0 Å². The van der Waals surface area contributed by atoms with Crippen LogP contribution >= 0.6 is 23.2 Å². The number of H-pyrrole nitrogens is 1. The van der Waals surface area contributed by atoms with Crippen molar-refractivity contribution in [3.63, 3.8) is 0 Å². The van der Waals surface area contributed by atoms with E-state index in [0.29, 0.717) is 38.9 Å². The number of carbonyl (C=O) groups is 2. The molecule has 0 saturated carbocycles. The van der Waals surface area contributed by atoms with E-state index >= 15 is 0 Å². The number of rotatable bonds is 7. The third kappa shape index (κ3) is 5.62. The molecule has 0 spiro atoms. The lowest BCUT2D eigenvalue weighted by Gasteiger charge is -2.25. The number of aromatic amines is 1. The Labute approximate surface area is 189 Å². The predicted molar refractivity (Wildman–Crippen MR) is 121 cm³/mol. The van der Waals surface area contributed by atoms with E-state index in [-0.39, 0.29) is 30.3 Å². The van der Waals surface area contributed by atoms with Crippen molar-refractivity contribution >= 4 is 45.9 Å². The van der Waals surface area contributed by atoms with Gasteiger partial charge in [0.15, 0.2) is 0 Å². The molecule has 162 valence electrons. The maximum atomic E-state index is 13.0. The Kier molecular flexibility index (Phi) is 7.30. The van der Waals surface area contributed by atoms with Crippen LogP contribution in [0.4, 0.5) is 0 Å². The van der Waals surface area contributed by atoms with Crippen molar-refractivity contribution in [2.45, 2.75) is 32.9 Å². The molecular weight excluding hydrogens is 439 g/mol. The number of hydrogen-bond donors (Lipinski definition) is 2. The van der Waals surface area contributed by atoms with Crippen molar-refractivity contribution in [1.82, 2.24) is 20.2 Å². The van der Waals surface area contributed by atoms with Crippen LogP contribution in [0.2, 0.25) is 10.0 Å². The van der Waals surface area contributed by atoms with Crippen LogP contribution in [0.3, 0.4) is 0 Å². The largest absolute Gasteiger partial charge is 0.349 e. The first-order valence-corrected chi connectivity index (χ1v) is 10.5. The van der Waals surface area contributed by atoms with Crippen molar-refractivity contribution in [3.8, 4) is 0 Å². The van der Waals surface area contributed by atoms with Crippen LogP contribution in [-0.2, 0) is 16.1 Å². The van der Waals surface area contributed by atoms with Crippen LogP contribution in [0.15, 0.2) is 47.3 Å². The predicted octanol–water partition coefficient (Wildman–Crippen LogP) is 3.85. The van der Waals surface area contributed by atoms with Gasteiger partial charge < -0.3 is 15.2 Å². The van der Waals surface area contributed by atoms with Gasteiger partial charge in [0.2, 0.25) is 11.8 Å². The van der Waals surface area contributed by atoms with E-state index in [9.17, 15) is 14.4 Å². The number of nitrogens with zero attached hydrogens (tertiary/aromatic N) is 2. The second-order valence-electron chi connectivity index (χ2n) is 7.06. The quantitative estimate of drug-likeness (QED) is 0.559. The molecule has 0 bridgehead atoms. The average Bonchev–Trinajstić information content (AvgIpc) is 2.71. The lowest BCUT2D eigenvalue weighted by molar-refractivity contribution is -0.132. The number of hydrogen-bond acceptors (Lipinski definition) is 4. The fourth-order valence-electron chi connectivity index (χ4n) is 3.34. The summed E-state index contributed by atoms with van der Waals surface area (Å²) in [7, 11) is 0. The maximum Gasteiger partial charge on any atom is 0.258 e. The molecule has 1 heterocycles. The van der Waals surface area contributed by atoms with Crippen LogP contribution in [0.25, 0.3) is 10.9 Å². The Morgan fingerprint density at radius 2 is 1.94 bits per heavy atom. The Morgan fingerprint density at radius 3 is 2.61 bits per heavy atom. The second-order valence-corrected chi connectivity index (χ2v) is 7.90. The van der Waals surface area contributed by atoms with Gasteiger partial charge in [0.25, 0.3) is 5.56 Å². The second kappa shape index (κ2) is 9.94. The molecule has 0 aliphatic rings. The van der Waals surface area contributed by atoms with Gasteiger partial charge in [-0.2, -0.15) is 0 Å². The summed E-state index contributed by atoms with van der Waals surface area (Å²) in [5.74, 6) is -0.128.